The van der Waals surface area contributed by atoms with Crippen LogP contribution in [0.4, 0.5) is 4.39 Å². The Morgan fingerprint density at radius 3 is 2.36 bits per heavy atom. The molecule has 0 aliphatic carbocycles. The lowest BCUT2D eigenvalue weighted by Crippen LogP contribution is -2.57. The van der Waals surface area contributed by atoms with E-state index in [9.17, 15) is 9.18 Å². The van der Waals surface area contributed by atoms with Gasteiger partial charge in [0.2, 0.25) is 0 Å². The molecular formula is C8H9FNO+. The van der Waals surface area contributed by atoms with Gasteiger partial charge in [-0.15, -0.1) is 0 Å². The fraction of sp³-hybridized carbons (Fsp3) is 0.125. The number of benzene rings is 1. The first-order chi connectivity index (χ1) is 5.18. The second-order valence-corrected chi connectivity index (χ2v) is 2.34. The first-order valence-corrected chi connectivity index (χ1v) is 3.28. The Hall–Kier alpha value is -1.22. The van der Waals surface area contributed by atoms with Crippen LogP contribution in [0.5, 0.6) is 0 Å². The highest BCUT2D eigenvalue weighted by Gasteiger charge is 2.00. The number of hydrogen-bond acceptors (Lipinski definition) is 1. The third-order valence-corrected chi connectivity index (χ3v) is 1.31. The van der Waals surface area contributed by atoms with Gasteiger partial charge in [-0.1, -0.05) is 12.1 Å². The fourth-order valence-electron chi connectivity index (χ4n) is 0.830. The predicted molar refractivity (Wildman–Crippen MR) is 38.0 cm³/mol. The van der Waals surface area contributed by atoms with E-state index in [2.05, 4.69) is 5.73 Å². The van der Waals surface area contributed by atoms with Crippen LogP contribution in [-0.2, 0) is 11.2 Å². The van der Waals surface area contributed by atoms with Crippen LogP contribution < -0.4 is 5.73 Å². The van der Waals surface area contributed by atoms with Crippen LogP contribution in [0.25, 0.3) is 0 Å². The average molecular weight is 154 g/mol. The Balaban J connectivity index is 2.74. The molecule has 11 heavy (non-hydrogen) atoms. The molecule has 0 atom stereocenters. The summed E-state index contributed by atoms with van der Waals surface area (Å²) >= 11 is 0. The van der Waals surface area contributed by atoms with E-state index in [4.69, 9.17) is 0 Å². The Morgan fingerprint density at radius 1 is 1.36 bits per heavy atom. The molecule has 0 saturated heterocycles. The molecule has 0 unspecified atom stereocenters. The van der Waals surface area contributed by atoms with Crippen molar-refractivity contribution in [3.05, 3.63) is 35.6 Å². The highest BCUT2D eigenvalue weighted by molar-refractivity contribution is 5.67. The van der Waals surface area contributed by atoms with E-state index in [1.807, 2.05) is 0 Å². The second-order valence-electron chi connectivity index (χ2n) is 2.34. The van der Waals surface area contributed by atoms with E-state index in [-0.39, 0.29) is 18.1 Å². The zero-order valence-corrected chi connectivity index (χ0v) is 6.01. The van der Waals surface area contributed by atoms with Gasteiger partial charge in [0, 0.05) is 0 Å². The minimum Gasteiger partial charge on any atom is -0.294 e. The van der Waals surface area contributed by atoms with Crippen LogP contribution in [-0.4, -0.2) is 5.91 Å². The van der Waals surface area contributed by atoms with Crippen LogP contribution in [0.3, 0.4) is 0 Å². The van der Waals surface area contributed by atoms with Crippen molar-refractivity contribution in [2.24, 2.45) is 0 Å². The monoisotopic (exact) mass is 154 g/mol. The van der Waals surface area contributed by atoms with E-state index < -0.39 is 0 Å². The molecule has 0 saturated carbocycles. The zero-order valence-electron chi connectivity index (χ0n) is 6.01. The summed E-state index contributed by atoms with van der Waals surface area (Å²) in [7, 11) is 0. The summed E-state index contributed by atoms with van der Waals surface area (Å²) in [6.45, 7) is 0. The third kappa shape index (κ3) is 2.47. The third-order valence-electron chi connectivity index (χ3n) is 1.31. The first kappa shape index (κ1) is 7.88. The number of carbonyl (C=O) groups excluding carboxylic acids is 1. The van der Waals surface area contributed by atoms with Crippen molar-refractivity contribution in [2.45, 2.75) is 6.42 Å². The average Bonchev–Trinajstić information content (AvgIpc) is 1.93. The van der Waals surface area contributed by atoms with Crippen molar-refractivity contribution in [2.75, 3.05) is 0 Å². The Labute approximate surface area is 63.8 Å². The quantitative estimate of drug-likeness (QED) is 0.646. The largest absolute Gasteiger partial charge is 0.313 e. The molecule has 1 aromatic carbocycles. The minimum absolute atomic E-state index is 0.156. The molecule has 0 heterocycles. The van der Waals surface area contributed by atoms with Gasteiger partial charge in [-0.05, 0) is 17.7 Å². The summed E-state index contributed by atoms with van der Waals surface area (Å²) < 4.78 is 12.3. The fourth-order valence-corrected chi connectivity index (χ4v) is 0.830. The van der Waals surface area contributed by atoms with Gasteiger partial charge in [0.05, 0.1) is 6.42 Å². The molecular weight excluding hydrogens is 145 g/mol. The number of carbonyl (C=O) groups is 1. The van der Waals surface area contributed by atoms with Crippen LogP contribution in [0.1, 0.15) is 5.56 Å². The van der Waals surface area contributed by atoms with E-state index in [1.54, 1.807) is 12.1 Å². The lowest BCUT2D eigenvalue weighted by atomic mass is 10.1. The Bertz CT molecular complexity index is 255. The van der Waals surface area contributed by atoms with Gasteiger partial charge in [0.1, 0.15) is 5.82 Å². The van der Waals surface area contributed by atoms with Crippen molar-refractivity contribution in [3.63, 3.8) is 0 Å². The van der Waals surface area contributed by atoms with E-state index in [0.717, 1.165) is 5.56 Å². The number of quaternary nitrogens is 1. The lowest BCUT2D eigenvalue weighted by molar-refractivity contribution is -0.304. The van der Waals surface area contributed by atoms with Gasteiger partial charge in [0.25, 0.3) is 0 Å². The first-order valence-electron chi connectivity index (χ1n) is 3.28. The molecule has 2 nitrogen and oxygen atoms in total. The standard InChI is InChI=1S/C8H8FNO/c9-7-3-1-6(2-4-7)5-8(10)11/h1-4H,5H2,(H2,10,11)/p+1. The molecule has 0 radical (unpaired) electrons. The summed E-state index contributed by atoms with van der Waals surface area (Å²) in [5.41, 5.74) is 4.02. The van der Waals surface area contributed by atoms with Gasteiger partial charge in [-0.2, -0.15) is 0 Å². The molecule has 0 aliphatic rings. The number of hydrogen-bond donors (Lipinski definition) is 1. The molecule has 0 aliphatic heterocycles. The smallest absolute Gasteiger partial charge is 0.294 e. The topological polar surface area (TPSA) is 44.7 Å². The Morgan fingerprint density at radius 2 is 1.91 bits per heavy atom. The van der Waals surface area contributed by atoms with Crippen molar-refractivity contribution in [3.8, 4) is 0 Å². The van der Waals surface area contributed by atoms with Gasteiger partial charge in [-0.3, -0.25) is 5.73 Å². The molecule has 1 rings (SSSR count). The molecule has 3 heteroatoms. The van der Waals surface area contributed by atoms with E-state index in [0.29, 0.717) is 0 Å². The summed E-state index contributed by atoms with van der Waals surface area (Å²) in [6.07, 6.45) is 0.278. The summed E-state index contributed by atoms with van der Waals surface area (Å²) in [6, 6.07) is 5.83. The van der Waals surface area contributed by atoms with Gasteiger partial charge in [-0.25, -0.2) is 9.18 Å². The van der Waals surface area contributed by atoms with Gasteiger partial charge < -0.3 is 0 Å². The van der Waals surface area contributed by atoms with Crippen LogP contribution >= 0.6 is 0 Å². The molecule has 1 aromatic rings. The van der Waals surface area contributed by atoms with Crippen molar-refractivity contribution in [1.82, 2.24) is 0 Å². The summed E-state index contributed by atoms with van der Waals surface area (Å²) in [5.74, 6) is -0.443. The van der Waals surface area contributed by atoms with Crippen LogP contribution in [0.15, 0.2) is 24.3 Å². The maximum atomic E-state index is 12.3. The molecule has 3 N–H and O–H groups in total. The molecule has 58 valence electrons. The maximum absolute atomic E-state index is 12.3. The minimum atomic E-state index is -0.287. The highest BCUT2D eigenvalue weighted by atomic mass is 19.1. The van der Waals surface area contributed by atoms with Crippen LogP contribution in [0.2, 0.25) is 0 Å². The number of halogens is 1. The SMILES string of the molecule is [NH3+]C(=O)Cc1ccc(F)cc1. The van der Waals surface area contributed by atoms with Crippen molar-refractivity contribution >= 4 is 5.91 Å². The molecule has 0 bridgehead atoms. The lowest BCUT2D eigenvalue weighted by Gasteiger charge is -1.93. The molecule has 0 aromatic heterocycles. The maximum Gasteiger partial charge on any atom is 0.313 e. The zero-order chi connectivity index (χ0) is 8.27. The Kier molecular flexibility index (Phi) is 2.33. The van der Waals surface area contributed by atoms with Crippen molar-refractivity contribution in [1.29, 1.82) is 0 Å². The van der Waals surface area contributed by atoms with Gasteiger partial charge in [0.15, 0.2) is 0 Å². The summed E-state index contributed by atoms with van der Waals surface area (Å²) in [5, 5.41) is 0. The van der Waals surface area contributed by atoms with Crippen molar-refractivity contribution < 1.29 is 14.9 Å². The molecule has 0 fully saturated rings. The van der Waals surface area contributed by atoms with Gasteiger partial charge >= 0.3 is 5.91 Å². The number of rotatable bonds is 2. The van der Waals surface area contributed by atoms with E-state index in [1.165, 1.54) is 12.1 Å². The molecule has 1 amide bonds. The normalized spacial score (nSPS) is 9.64. The predicted octanol–water partition coefficient (Wildman–Crippen LogP) is 0.137. The number of amides is 1. The van der Waals surface area contributed by atoms with E-state index >= 15 is 0 Å². The highest BCUT2D eigenvalue weighted by Crippen LogP contribution is 2.02. The second kappa shape index (κ2) is 3.25. The van der Waals surface area contributed by atoms with Crippen LogP contribution in [0, 0.1) is 5.82 Å². The summed E-state index contributed by atoms with van der Waals surface area (Å²) in [4.78, 5) is 10.5. The molecule has 0 spiro atoms.